The van der Waals surface area contributed by atoms with E-state index in [2.05, 4.69) is 0 Å². The molecule has 0 rings (SSSR count). The molecule has 0 aromatic carbocycles. The summed E-state index contributed by atoms with van der Waals surface area (Å²) < 4.78 is 0. The fourth-order valence-corrected chi connectivity index (χ4v) is 1.27. The van der Waals surface area contributed by atoms with E-state index in [1.54, 1.807) is 4.90 Å². The van der Waals surface area contributed by atoms with Gasteiger partial charge in [-0.05, 0) is 27.2 Å². The average Bonchev–Trinajstić information content (AvgIpc) is 2.19. The van der Waals surface area contributed by atoms with E-state index in [1.807, 2.05) is 33.8 Å². The lowest BCUT2D eigenvalue weighted by atomic mass is 10.1. The van der Waals surface area contributed by atoms with Crippen molar-refractivity contribution >= 4 is 5.91 Å². The number of carbonyl (C=O) groups excluding carboxylic acids is 1. The molecule has 3 heteroatoms. The first-order valence-electron chi connectivity index (χ1n) is 5.30. The second-order valence-corrected chi connectivity index (χ2v) is 3.40. The van der Waals surface area contributed by atoms with Gasteiger partial charge >= 0.3 is 0 Å². The van der Waals surface area contributed by atoms with Crippen LogP contribution in [0.25, 0.3) is 0 Å². The third-order valence-corrected chi connectivity index (χ3v) is 2.32. The summed E-state index contributed by atoms with van der Waals surface area (Å²) in [5.74, 6) is 0.0962. The average molecular weight is 198 g/mol. The van der Waals surface area contributed by atoms with Crippen molar-refractivity contribution in [3.63, 3.8) is 0 Å². The van der Waals surface area contributed by atoms with Crippen molar-refractivity contribution in [2.75, 3.05) is 13.1 Å². The maximum Gasteiger partial charge on any atom is 0.249 e. The molecule has 0 bridgehead atoms. The SMILES string of the molecule is CCC(N)C=C(C)C(=O)N(CC)CC. The first-order chi connectivity index (χ1) is 6.56. The molecule has 1 unspecified atom stereocenters. The first-order valence-corrected chi connectivity index (χ1v) is 5.30. The van der Waals surface area contributed by atoms with Gasteiger partial charge in [-0.25, -0.2) is 0 Å². The Kier molecular flexibility index (Phi) is 6.21. The Hall–Kier alpha value is -0.830. The van der Waals surface area contributed by atoms with Gasteiger partial charge in [-0.1, -0.05) is 13.0 Å². The summed E-state index contributed by atoms with van der Waals surface area (Å²) in [6, 6.07) is -0.00508. The number of likely N-dealkylation sites (N-methyl/N-ethyl adjacent to an activating group) is 1. The highest BCUT2D eigenvalue weighted by Crippen LogP contribution is 2.03. The summed E-state index contributed by atoms with van der Waals surface area (Å²) in [6.07, 6.45) is 2.71. The number of rotatable bonds is 5. The lowest BCUT2D eigenvalue weighted by Gasteiger charge is -2.19. The van der Waals surface area contributed by atoms with Gasteiger partial charge < -0.3 is 10.6 Å². The number of hydrogen-bond acceptors (Lipinski definition) is 2. The fourth-order valence-electron chi connectivity index (χ4n) is 1.27. The molecular formula is C11H22N2O. The summed E-state index contributed by atoms with van der Waals surface area (Å²) in [7, 11) is 0. The Morgan fingerprint density at radius 1 is 1.36 bits per heavy atom. The minimum atomic E-state index is -0.00508. The molecule has 2 N–H and O–H groups in total. The van der Waals surface area contributed by atoms with Gasteiger partial charge in [-0.3, -0.25) is 4.79 Å². The van der Waals surface area contributed by atoms with Crippen LogP contribution in [0.5, 0.6) is 0 Å². The normalized spacial score (nSPS) is 13.9. The Morgan fingerprint density at radius 2 is 1.86 bits per heavy atom. The van der Waals surface area contributed by atoms with Gasteiger partial charge in [0.2, 0.25) is 5.91 Å². The molecule has 0 spiro atoms. The van der Waals surface area contributed by atoms with Gasteiger partial charge in [0.15, 0.2) is 0 Å². The van der Waals surface area contributed by atoms with E-state index in [-0.39, 0.29) is 11.9 Å². The number of carbonyl (C=O) groups is 1. The molecule has 14 heavy (non-hydrogen) atoms. The summed E-state index contributed by atoms with van der Waals surface area (Å²) in [5.41, 5.74) is 6.50. The predicted octanol–water partition coefficient (Wildman–Crippen LogP) is 1.54. The smallest absolute Gasteiger partial charge is 0.249 e. The van der Waals surface area contributed by atoms with Crippen molar-refractivity contribution < 1.29 is 4.79 Å². The number of hydrogen-bond donors (Lipinski definition) is 1. The maximum absolute atomic E-state index is 11.8. The second-order valence-electron chi connectivity index (χ2n) is 3.40. The highest BCUT2D eigenvalue weighted by molar-refractivity contribution is 5.92. The predicted molar refractivity (Wildman–Crippen MR) is 60.0 cm³/mol. The monoisotopic (exact) mass is 198 g/mol. The van der Waals surface area contributed by atoms with E-state index in [0.717, 1.165) is 25.1 Å². The third kappa shape index (κ3) is 3.92. The first kappa shape index (κ1) is 13.2. The van der Waals surface area contributed by atoms with Crippen LogP contribution < -0.4 is 5.73 Å². The zero-order chi connectivity index (χ0) is 11.1. The molecule has 1 amide bonds. The Morgan fingerprint density at radius 3 is 2.21 bits per heavy atom. The molecule has 0 aliphatic carbocycles. The molecule has 0 aromatic heterocycles. The lowest BCUT2D eigenvalue weighted by Crippen LogP contribution is -2.32. The molecule has 3 nitrogen and oxygen atoms in total. The van der Waals surface area contributed by atoms with Crippen LogP contribution in [0.3, 0.4) is 0 Å². The van der Waals surface area contributed by atoms with Crippen LogP contribution in [0, 0.1) is 0 Å². The number of nitrogens with zero attached hydrogens (tertiary/aromatic N) is 1. The van der Waals surface area contributed by atoms with E-state index in [0.29, 0.717) is 0 Å². The minimum Gasteiger partial charge on any atom is -0.340 e. The highest BCUT2D eigenvalue weighted by Gasteiger charge is 2.11. The van der Waals surface area contributed by atoms with Gasteiger partial charge in [-0.15, -0.1) is 0 Å². The van der Waals surface area contributed by atoms with Crippen LogP contribution >= 0.6 is 0 Å². The van der Waals surface area contributed by atoms with Crippen LogP contribution in [-0.2, 0) is 4.79 Å². The Balaban J connectivity index is 4.44. The molecule has 0 heterocycles. The molecule has 0 aliphatic rings. The van der Waals surface area contributed by atoms with Crippen LogP contribution in [0.4, 0.5) is 0 Å². The van der Waals surface area contributed by atoms with Crippen LogP contribution in [0.1, 0.15) is 34.1 Å². The van der Waals surface area contributed by atoms with E-state index in [9.17, 15) is 4.79 Å². The largest absolute Gasteiger partial charge is 0.340 e. The fraction of sp³-hybridized carbons (Fsp3) is 0.727. The summed E-state index contributed by atoms with van der Waals surface area (Å²) >= 11 is 0. The molecule has 0 fully saturated rings. The minimum absolute atomic E-state index is 0.00508. The van der Waals surface area contributed by atoms with Crippen molar-refractivity contribution in [3.8, 4) is 0 Å². The molecule has 0 aliphatic heterocycles. The molecule has 0 saturated heterocycles. The van der Waals surface area contributed by atoms with Gasteiger partial charge in [0.05, 0.1) is 0 Å². The van der Waals surface area contributed by atoms with E-state index in [1.165, 1.54) is 0 Å². The number of nitrogens with two attached hydrogens (primary N) is 1. The van der Waals surface area contributed by atoms with Crippen LogP contribution in [0.2, 0.25) is 0 Å². The van der Waals surface area contributed by atoms with Crippen molar-refractivity contribution in [2.45, 2.75) is 40.2 Å². The van der Waals surface area contributed by atoms with E-state index < -0.39 is 0 Å². The molecular weight excluding hydrogens is 176 g/mol. The van der Waals surface area contributed by atoms with Crippen LogP contribution in [-0.4, -0.2) is 29.9 Å². The van der Waals surface area contributed by atoms with E-state index >= 15 is 0 Å². The van der Waals surface area contributed by atoms with Gasteiger partial charge in [-0.2, -0.15) is 0 Å². The molecule has 0 saturated carbocycles. The quantitative estimate of drug-likeness (QED) is 0.681. The zero-order valence-electron chi connectivity index (χ0n) is 9.71. The summed E-state index contributed by atoms with van der Waals surface area (Å²) in [4.78, 5) is 13.6. The summed E-state index contributed by atoms with van der Waals surface area (Å²) in [6.45, 7) is 9.30. The Labute approximate surface area is 87.0 Å². The topological polar surface area (TPSA) is 46.3 Å². The van der Waals surface area contributed by atoms with Crippen LogP contribution in [0.15, 0.2) is 11.6 Å². The molecule has 0 aromatic rings. The van der Waals surface area contributed by atoms with Crippen molar-refractivity contribution in [1.82, 2.24) is 4.90 Å². The Bertz CT molecular complexity index is 207. The second kappa shape index (κ2) is 6.60. The highest BCUT2D eigenvalue weighted by atomic mass is 16.2. The summed E-state index contributed by atoms with van der Waals surface area (Å²) in [5, 5.41) is 0. The zero-order valence-corrected chi connectivity index (χ0v) is 9.71. The van der Waals surface area contributed by atoms with E-state index in [4.69, 9.17) is 5.73 Å². The molecule has 1 atom stereocenters. The van der Waals surface area contributed by atoms with Gasteiger partial charge in [0.1, 0.15) is 0 Å². The van der Waals surface area contributed by atoms with Crippen molar-refractivity contribution in [2.24, 2.45) is 5.73 Å². The molecule has 82 valence electrons. The number of amides is 1. The lowest BCUT2D eigenvalue weighted by molar-refractivity contribution is -0.126. The van der Waals surface area contributed by atoms with Gasteiger partial charge in [0, 0.05) is 24.7 Å². The molecule has 0 radical (unpaired) electrons. The third-order valence-electron chi connectivity index (χ3n) is 2.32. The van der Waals surface area contributed by atoms with Gasteiger partial charge in [0.25, 0.3) is 0 Å². The standard InChI is InChI=1S/C11H22N2O/c1-5-10(12)8-9(4)11(14)13(6-2)7-3/h8,10H,5-7,12H2,1-4H3. The maximum atomic E-state index is 11.8. The van der Waals surface area contributed by atoms with Crippen molar-refractivity contribution in [3.05, 3.63) is 11.6 Å². The van der Waals surface area contributed by atoms with Crippen molar-refractivity contribution in [1.29, 1.82) is 0 Å².